The number of anilines is 2. The zero-order chi connectivity index (χ0) is 17.9. The van der Waals surface area contributed by atoms with Crippen LogP contribution in [-0.2, 0) is 6.42 Å². The molecule has 2 aromatic heterocycles. The Morgan fingerprint density at radius 2 is 1.65 bits per heavy atom. The lowest BCUT2D eigenvalue weighted by molar-refractivity contribution is 1.06. The van der Waals surface area contributed by atoms with Crippen molar-refractivity contribution < 1.29 is 0 Å². The number of pyridine rings is 1. The highest BCUT2D eigenvalue weighted by molar-refractivity contribution is 5.91. The highest BCUT2D eigenvalue weighted by Crippen LogP contribution is 2.28. The number of nitrogens with zero attached hydrogens (tertiary/aromatic N) is 4. The zero-order valence-electron chi connectivity index (χ0n) is 14.9. The van der Waals surface area contributed by atoms with E-state index in [0.717, 1.165) is 34.5 Å². The number of fused-ring (bicyclic) bond motifs is 1. The summed E-state index contributed by atoms with van der Waals surface area (Å²) in [6.45, 7) is 2.05. The Morgan fingerprint density at radius 3 is 2.42 bits per heavy atom. The van der Waals surface area contributed by atoms with Gasteiger partial charge >= 0.3 is 0 Å². The summed E-state index contributed by atoms with van der Waals surface area (Å²) < 4.78 is 0. The maximum absolute atomic E-state index is 4.49. The van der Waals surface area contributed by atoms with Crippen LogP contribution < -0.4 is 4.90 Å². The first kappa shape index (κ1) is 16.2. The summed E-state index contributed by atoms with van der Waals surface area (Å²) in [6, 6.07) is 20.8. The van der Waals surface area contributed by atoms with Crippen molar-refractivity contribution in [3.8, 4) is 0 Å². The van der Waals surface area contributed by atoms with Crippen LogP contribution in [-0.4, -0.2) is 22.0 Å². The number of rotatable bonds is 4. The van der Waals surface area contributed by atoms with Crippen LogP contribution in [0.25, 0.3) is 10.9 Å². The molecule has 0 bridgehead atoms. The molecule has 4 heteroatoms. The first-order valence-corrected chi connectivity index (χ1v) is 8.65. The molecule has 0 aliphatic carbocycles. The molecule has 128 valence electrons. The third-order valence-corrected chi connectivity index (χ3v) is 4.52. The molecule has 0 unspecified atom stereocenters. The number of para-hydroxylation sites is 1. The molecule has 0 spiro atoms. The average molecular weight is 340 g/mol. The van der Waals surface area contributed by atoms with Crippen LogP contribution in [0.15, 0.2) is 73.2 Å². The molecule has 0 N–H and O–H groups in total. The predicted octanol–water partition coefficient (Wildman–Crippen LogP) is 4.69. The van der Waals surface area contributed by atoms with Crippen LogP contribution in [0.2, 0.25) is 0 Å². The molecule has 0 saturated heterocycles. The smallest absolute Gasteiger partial charge is 0.144 e. The Morgan fingerprint density at radius 1 is 0.846 bits per heavy atom. The number of hydrogen-bond donors (Lipinski definition) is 0. The normalized spacial score (nSPS) is 10.8. The molecule has 0 fully saturated rings. The van der Waals surface area contributed by atoms with Gasteiger partial charge in [-0.05, 0) is 48.4 Å². The van der Waals surface area contributed by atoms with E-state index in [0.29, 0.717) is 0 Å². The third-order valence-electron chi connectivity index (χ3n) is 4.52. The standard InChI is InChI=1S/C22H20N4/c1-16-7-10-18(23-14-16)13-17-8-11-19(12-9-17)26(2)22-20-5-3-4-6-21(20)24-15-25-22/h3-12,14-15H,13H2,1-2H3. The second-order valence-corrected chi connectivity index (χ2v) is 6.44. The lowest BCUT2D eigenvalue weighted by Crippen LogP contribution is -2.12. The molecule has 4 nitrogen and oxygen atoms in total. The van der Waals surface area contributed by atoms with Gasteiger partial charge in [0.25, 0.3) is 0 Å². The predicted molar refractivity (Wildman–Crippen MR) is 106 cm³/mol. The van der Waals surface area contributed by atoms with Crippen LogP contribution in [0.5, 0.6) is 0 Å². The van der Waals surface area contributed by atoms with Gasteiger partial charge in [0.05, 0.1) is 5.52 Å². The third kappa shape index (κ3) is 3.26. The summed E-state index contributed by atoms with van der Waals surface area (Å²) in [6.07, 6.45) is 4.37. The van der Waals surface area contributed by atoms with Crippen molar-refractivity contribution in [3.05, 3.63) is 90.0 Å². The molecule has 2 aromatic carbocycles. The van der Waals surface area contributed by atoms with Crippen molar-refractivity contribution >= 4 is 22.4 Å². The Bertz CT molecular complexity index is 1020. The van der Waals surface area contributed by atoms with Crippen molar-refractivity contribution in [2.24, 2.45) is 0 Å². The van der Waals surface area contributed by atoms with E-state index in [-0.39, 0.29) is 0 Å². The molecule has 0 saturated carbocycles. The Hall–Kier alpha value is -3.27. The molecule has 4 rings (SSSR count). The maximum Gasteiger partial charge on any atom is 0.144 e. The molecule has 4 aromatic rings. The number of aryl methyl sites for hydroxylation is 1. The number of aromatic nitrogens is 3. The van der Waals surface area contributed by atoms with Gasteiger partial charge in [-0.2, -0.15) is 0 Å². The van der Waals surface area contributed by atoms with Crippen molar-refractivity contribution in [1.82, 2.24) is 15.0 Å². The highest BCUT2D eigenvalue weighted by atomic mass is 15.2. The monoisotopic (exact) mass is 340 g/mol. The van der Waals surface area contributed by atoms with Gasteiger partial charge in [0, 0.05) is 36.4 Å². The van der Waals surface area contributed by atoms with E-state index in [1.54, 1.807) is 6.33 Å². The molecular weight excluding hydrogens is 320 g/mol. The van der Waals surface area contributed by atoms with E-state index in [1.807, 2.05) is 31.4 Å². The summed E-state index contributed by atoms with van der Waals surface area (Å²) in [5.74, 6) is 0.906. The van der Waals surface area contributed by atoms with Crippen LogP contribution in [0.4, 0.5) is 11.5 Å². The number of benzene rings is 2. The summed E-state index contributed by atoms with van der Waals surface area (Å²) >= 11 is 0. The molecule has 0 amide bonds. The fourth-order valence-corrected chi connectivity index (χ4v) is 3.03. The minimum atomic E-state index is 0.834. The van der Waals surface area contributed by atoms with E-state index in [9.17, 15) is 0 Å². The Balaban J connectivity index is 1.58. The van der Waals surface area contributed by atoms with Gasteiger partial charge in [0.2, 0.25) is 0 Å². The quantitative estimate of drug-likeness (QED) is 0.540. The lowest BCUT2D eigenvalue weighted by atomic mass is 10.1. The minimum Gasteiger partial charge on any atom is -0.329 e. The van der Waals surface area contributed by atoms with Crippen LogP contribution in [0.1, 0.15) is 16.8 Å². The highest BCUT2D eigenvalue weighted by Gasteiger charge is 2.10. The lowest BCUT2D eigenvalue weighted by Gasteiger charge is -2.20. The van der Waals surface area contributed by atoms with Crippen LogP contribution in [0, 0.1) is 6.92 Å². The van der Waals surface area contributed by atoms with E-state index >= 15 is 0 Å². The van der Waals surface area contributed by atoms with Crippen molar-refractivity contribution in [3.63, 3.8) is 0 Å². The molecular formula is C22H20N4. The van der Waals surface area contributed by atoms with Gasteiger partial charge < -0.3 is 4.90 Å². The largest absolute Gasteiger partial charge is 0.329 e. The first-order chi connectivity index (χ1) is 12.7. The van der Waals surface area contributed by atoms with E-state index < -0.39 is 0 Å². The molecule has 0 aliphatic rings. The fraction of sp³-hybridized carbons (Fsp3) is 0.136. The second-order valence-electron chi connectivity index (χ2n) is 6.44. The van der Waals surface area contributed by atoms with E-state index in [1.165, 1.54) is 11.1 Å². The topological polar surface area (TPSA) is 41.9 Å². The van der Waals surface area contributed by atoms with E-state index in [4.69, 9.17) is 0 Å². The van der Waals surface area contributed by atoms with Gasteiger partial charge in [-0.1, -0.05) is 30.3 Å². The molecule has 0 aliphatic heterocycles. The minimum absolute atomic E-state index is 0.834. The Kier molecular flexibility index (Phi) is 4.32. The molecule has 26 heavy (non-hydrogen) atoms. The van der Waals surface area contributed by atoms with Crippen molar-refractivity contribution in [1.29, 1.82) is 0 Å². The van der Waals surface area contributed by atoms with Gasteiger partial charge in [0.1, 0.15) is 12.1 Å². The summed E-state index contributed by atoms with van der Waals surface area (Å²) in [7, 11) is 2.03. The molecule has 2 heterocycles. The fourth-order valence-electron chi connectivity index (χ4n) is 3.03. The Labute approximate surface area is 153 Å². The number of hydrogen-bond acceptors (Lipinski definition) is 4. The van der Waals surface area contributed by atoms with Gasteiger partial charge in [-0.25, -0.2) is 9.97 Å². The maximum atomic E-state index is 4.49. The average Bonchev–Trinajstić information content (AvgIpc) is 2.69. The summed E-state index contributed by atoms with van der Waals surface area (Å²) in [5, 5.41) is 1.05. The molecule has 0 radical (unpaired) electrons. The van der Waals surface area contributed by atoms with Crippen molar-refractivity contribution in [2.45, 2.75) is 13.3 Å². The second kappa shape index (κ2) is 6.92. The van der Waals surface area contributed by atoms with Crippen LogP contribution >= 0.6 is 0 Å². The summed E-state index contributed by atoms with van der Waals surface area (Å²) in [5.41, 5.74) is 5.55. The summed E-state index contributed by atoms with van der Waals surface area (Å²) in [4.78, 5) is 15.4. The van der Waals surface area contributed by atoms with Gasteiger partial charge in [0.15, 0.2) is 0 Å². The van der Waals surface area contributed by atoms with Crippen LogP contribution in [0.3, 0.4) is 0 Å². The SMILES string of the molecule is Cc1ccc(Cc2ccc(N(C)c3ncnc4ccccc34)cc2)nc1. The van der Waals surface area contributed by atoms with Crippen molar-refractivity contribution in [2.75, 3.05) is 11.9 Å². The first-order valence-electron chi connectivity index (χ1n) is 8.65. The zero-order valence-corrected chi connectivity index (χ0v) is 14.9. The van der Waals surface area contributed by atoms with Gasteiger partial charge in [-0.3, -0.25) is 4.98 Å². The van der Waals surface area contributed by atoms with E-state index in [2.05, 4.69) is 69.2 Å². The molecule has 0 atom stereocenters. The van der Waals surface area contributed by atoms with Gasteiger partial charge in [-0.15, -0.1) is 0 Å².